The van der Waals surface area contributed by atoms with Crippen molar-refractivity contribution in [1.82, 2.24) is 25.1 Å². The van der Waals surface area contributed by atoms with Crippen molar-refractivity contribution in [2.24, 2.45) is 0 Å². The zero-order valence-corrected chi connectivity index (χ0v) is 20.0. The van der Waals surface area contributed by atoms with Crippen molar-refractivity contribution in [2.75, 3.05) is 37.6 Å². The van der Waals surface area contributed by atoms with Gasteiger partial charge in [-0.05, 0) is 48.1 Å². The van der Waals surface area contributed by atoms with E-state index in [4.69, 9.17) is 4.52 Å². The highest BCUT2D eigenvalue weighted by atomic mass is 79.9. The molecule has 2 N–H and O–H groups in total. The summed E-state index contributed by atoms with van der Waals surface area (Å²) in [7, 11) is 0. The Morgan fingerprint density at radius 1 is 1.40 bits per heavy atom. The number of carbonyl (C=O) groups is 1. The third-order valence-corrected chi connectivity index (χ3v) is 6.55. The zero-order valence-electron chi connectivity index (χ0n) is 17.6. The molecule has 164 valence electrons. The minimum Gasteiger partial charge on any atom is -0.364 e. The number of hydrogen-bond donors (Lipinski definition) is 2. The lowest BCUT2D eigenvalue weighted by atomic mass is 10.1. The number of halogens is 1. The van der Waals surface area contributed by atoms with E-state index in [1.165, 1.54) is 0 Å². The first-order chi connectivity index (χ1) is 14.5. The number of carbonyl (C=O) groups excluding carboxylic acids is 1. The van der Waals surface area contributed by atoms with Gasteiger partial charge in [0.2, 0.25) is 0 Å². The summed E-state index contributed by atoms with van der Waals surface area (Å²) in [6.45, 7) is 10.7. The predicted octanol–water partition coefficient (Wildman–Crippen LogP) is 2.92. The number of likely N-dealkylation sites (N-methyl/N-ethyl adjacent to an activating group) is 1. The van der Waals surface area contributed by atoms with Crippen LogP contribution < -0.4 is 14.9 Å². The molecule has 1 fully saturated rings. The zero-order chi connectivity index (χ0) is 21.5. The van der Waals surface area contributed by atoms with Gasteiger partial charge in [-0.15, -0.1) is 0 Å². The predicted molar refractivity (Wildman–Crippen MR) is 124 cm³/mol. The molecule has 1 atom stereocenters. The van der Waals surface area contributed by atoms with Gasteiger partial charge in [0.1, 0.15) is 16.7 Å². The Bertz CT molecular complexity index is 812. The third-order valence-electron chi connectivity index (χ3n) is 5.20. The van der Waals surface area contributed by atoms with Crippen LogP contribution in [0.1, 0.15) is 36.8 Å². The second-order valence-corrected chi connectivity index (χ2v) is 8.94. The van der Waals surface area contributed by atoms with Crippen LogP contribution in [0, 0.1) is 0 Å². The molecule has 2 aromatic heterocycles. The van der Waals surface area contributed by atoms with Gasteiger partial charge in [0.25, 0.3) is 5.91 Å². The van der Waals surface area contributed by atoms with Gasteiger partial charge in [-0.2, -0.15) is 0 Å². The highest BCUT2D eigenvalue weighted by Gasteiger charge is 2.28. The van der Waals surface area contributed by atoms with Gasteiger partial charge in [-0.25, -0.2) is 4.98 Å². The van der Waals surface area contributed by atoms with Crippen LogP contribution >= 0.6 is 27.9 Å². The second-order valence-electron chi connectivity index (χ2n) is 7.32. The molecule has 0 radical (unpaired) electrons. The standard InChI is InChI=1S/C20H29BrN6O2S/c1-4-26(5-2)14(3)10-22-20(28)15-8-18(21)23-19(9-15)27-11-17(12-27)25-30-13-16-6-7-29-24-16/h6-9,14,17,25H,4-5,10-13H2,1-3H3,(H,22,28). The molecule has 2 aromatic rings. The molecule has 10 heteroatoms. The maximum atomic E-state index is 12.7. The molecule has 0 saturated carbocycles. The minimum absolute atomic E-state index is 0.0725. The first kappa shape index (κ1) is 23.1. The van der Waals surface area contributed by atoms with Gasteiger partial charge in [0, 0.05) is 37.3 Å². The summed E-state index contributed by atoms with van der Waals surface area (Å²) in [5.74, 6) is 1.50. The molecule has 3 heterocycles. The maximum absolute atomic E-state index is 12.7. The van der Waals surface area contributed by atoms with Gasteiger partial charge in [0.05, 0.1) is 17.5 Å². The van der Waals surface area contributed by atoms with Crippen LogP contribution in [0.4, 0.5) is 5.82 Å². The molecule has 0 aromatic carbocycles. The van der Waals surface area contributed by atoms with Crippen molar-refractivity contribution in [1.29, 1.82) is 0 Å². The Morgan fingerprint density at radius 3 is 2.83 bits per heavy atom. The van der Waals surface area contributed by atoms with Crippen LogP contribution in [0.3, 0.4) is 0 Å². The summed E-state index contributed by atoms with van der Waals surface area (Å²) in [5.41, 5.74) is 1.54. The van der Waals surface area contributed by atoms with Gasteiger partial charge in [0.15, 0.2) is 0 Å². The van der Waals surface area contributed by atoms with Crippen LogP contribution in [0.5, 0.6) is 0 Å². The number of pyridine rings is 1. The molecule has 1 aliphatic rings. The molecular weight excluding hydrogens is 468 g/mol. The highest BCUT2D eigenvalue weighted by molar-refractivity contribution is 9.10. The van der Waals surface area contributed by atoms with E-state index in [0.29, 0.717) is 28.8 Å². The van der Waals surface area contributed by atoms with Gasteiger partial charge >= 0.3 is 0 Å². The summed E-state index contributed by atoms with van der Waals surface area (Å²) < 4.78 is 8.93. The van der Waals surface area contributed by atoms with Gasteiger partial charge in [-0.3, -0.25) is 14.4 Å². The Morgan fingerprint density at radius 2 is 2.17 bits per heavy atom. The molecule has 1 aliphatic heterocycles. The van der Waals surface area contributed by atoms with E-state index < -0.39 is 0 Å². The van der Waals surface area contributed by atoms with Crippen LogP contribution in [-0.4, -0.2) is 65.8 Å². The summed E-state index contributed by atoms with van der Waals surface area (Å²) in [6.07, 6.45) is 1.58. The number of anilines is 1. The normalized spacial score (nSPS) is 15.3. The van der Waals surface area contributed by atoms with E-state index in [-0.39, 0.29) is 5.91 Å². The van der Waals surface area contributed by atoms with Crippen LogP contribution in [-0.2, 0) is 5.75 Å². The number of amides is 1. The summed E-state index contributed by atoms with van der Waals surface area (Å²) in [4.78, 5) is 21.7. The molecule has 8 nitrogen and oxygen atoms in total. The van der Waals surface area contributed by atoms with Crippen LogP contribution in [0.25, 0.3) is 0 Å². The SMILES string of the molecule is CCN(CC)C(C)CNC(=O)c1cc(Br)nc(N2CC(NSCc3ccon3)C2)c1. The van der Waals surface area contributed by atoms with E-state index in [1.54, 1.807) is 24.3 Å². The van der Waals surface area contributed by atoms with Crippen molar-refractivity contribution in [3.8, 4) is 0 Å². The molecule has 1 unspecified atom stereocenters. The molecule has 30 heavy (non-hydrogen) atoms. The fourth-order valence-electron chi connectivity index (χ4n) is 3.38. The topological polar surface area (TPSA) is 86.5 Å². The van der Waals surface area contributed by atoms with E-state index in [1.807, 2.05) is 12.1 Å². The van der Waals surface area contributed by atoms with E-state index in [0.717, 1.165) is 43.4 Å². The van der Waals surface area contributed by atoms with Gasteiger partial charge in [-0.1, -0.05) is 31.0 Å². The van der Waals surface area contributed by atoms with E-state index in [2.05, 4.69) is 66.7 Å². The smallest absolute Gasteiger partial charge is 0.251 e. The highest BCUT2D eigenvalue weighted by Crippen LogP contribution is 2.24. The van der Waals surface area contributed by atoms with Crippen molar-refractivity contribution in [3.63, 3.8) is 0 Å². The van der Waals surface area contributed by atoms with Crippen molar-refractivity contribution < 1.29 is 9.32 Å². The van der Waals surface area contributed by atoms with Crippen molar-refractivity contribution >= 4 is 39.6 Å². The summed E-state index contributed by atoms with van der Waals surface area (Å²) >= 11 is 5.07. The number of nitrogens with one attached hydrogen (secondary N) is 2. The molecule has 0 bridgehead atoms. The fraction of sp³-hybridized carbons (Fsp3) is 0.550. The van der Waals surface area contributed by atoms with E-state index in [9.17, 15) is 4.79 Å². The van der Waals surface area contributed by atoms with Crippen molar-refractivity contribution in [3.05, 3.63) is 40.3 Å². The van der Waals surface area contributed by atoms with Gasteiger partial charge < -0.3 is 14.7 Å². The summed E-state index contributed by atoms with van der Waals surface area (Å²) in [5, 5.41) is 6.95. The minimum atomic E-state index is -0.0725. The third kappa shape index (κ3) is 6.19. The Balaban J connectivity index is 1.48. The first-order valence-corrected chi connectivity index (χ1v) is 12.0. The second kappa shape index (κ2) is 11.1. The lowest BCUT2D eigenvalue weighted by Crippen LogP contribution is -2.56. The average Bonchev–Trinajstić information content (AvgIpc) is 3.21. The lowest BCUT2D eigenvalue weighted by Gasteiger charge is -2.40. The summed E-state index contributed by atoms with van der Waals surface area (Å²) in [6, 6.07) is 6.16. The maximum Gasteiger partial charge on any atom is 0.251 e. The number of hydrogen-bond acceptors (Lipinski definition) is 8. The number of aromatic nitrogens is 2. The Kier molecular flexibility index (Phi) is 8.55. The lowest BCUT2D eigenvalue weighted by molar-refractivity contribution is 0.0938. The largest absolute Gasteiger partial charge is 0.364 e. The molecular formula is C20H29BrN6O2S. The molecule has 0 aliphatic carbocycles. The number of nitrogens with zero attached hydrogens (tertiary/aromatic N) is 4. The van der Waals surface area contributed by atoms with E-state index >= 15 is 0 Å². The quantitative estimate of drug-likeness (QED) is 0.362. The molecule has 0 spiro atoms. The monoisotopic (exact) mass is 496 g/mol. The molecule has 1 amide bonds. The van der Waals surface area contributed by atoms with Crippen molar-refractivity contribution in [2.45, 2.75) is 38.6 Å². The Hall–Kier alpha value is -1.62. The fourth-order valence-corrected chi connectivity index (χ4v) is 4.57. The number of rotatable bonds is 11. The molecule has 1 saturated heterocycles. The Labute approximate surface area is 190 Å². The molecule has 3 rings (SSSR count). The van der Waals surface area contributed by atoms with Crippen LogP contribution in [0.2, 0.25) is 0 Å². The first-order valence-electron chi connectivity index (χ1n) is 10.2. The average molecular weight is 497 g/mol. The van der Waals surface area contributed by atoms with Crippen LogP contribution in [0.15, 0.2) is 33.6 Å².